The van der Waals surface area contributed by atoms with Gasteiger partial charge in [-0.05, 0) is 16.2 Å². The van der Waals surface area contributed by atoms with Gasteiger partial charge in [0.15, 0.2) is 0 Å². The van der Waals surface area contributed by atoms with Crippen LogP contribution in [0.25, 0.3) is 0 Å². The van der Waals surface area contributed by atoms with Crippen LogP contribution in [-0.4, -0.2) is 11.1 Å². The minimum atomic E-state index is -0.769. The van der Waals surface area contributed by atoms with Crippen molar-refractivity contribution < 1.29 is 9.90 Å². The topological polar surface area (TPSA) is 37.3 Å². The molecule has 54 valence electrons. The minimum absolute atomic E-state index is 0.141. The summed E-state index contributed by atoms with van der Waals surface area (Å²) in [6, 6.07) is 0. The zero-order valence-electron chi connectivity index (χ0n) is 5.11. The lowest BCUT2D eigenvalue weighted by atomic mass is 10.4. The molecule has 2 nitrogen and oxygen atoms in total. The Bertz CT molecular complexity index is 196. The highest BCUT2D eigenvalue weighted by Crippen LogP contribution is 2.29. The maximum absolute atomic E-state index is 10.2. The quantitative estimate of drug-likeness (QED) is 0.696. The number of hydrogen-bond acceptors (Lipinski definition) is 3. The molecular weight excluding hydrogens is 168 g/mol. The van der Waals surface area contributed by atoms with Crippen LogP contribution < -0.4 is 0 Å². The van der Waals surface area contributed by atoms with Gasteiger partial charge in [-0.25, -0.2) is 0 Å². The minimum Gasteiger partial charge on any atom is -0.481 e. The Hall–Kier alpha value is -0.350. The number of carbonyl (C=O) groups is 1. The summed E-state index contributed by atoms with van der Waals surface area (Å²) in [6.45, 7) is 0. The molecule has 0 unspecified atom stereocenters. The molecule has 1 aliphatic heterocycles. The normalized spacial score (nSPS) is 16.6. The average Bonchev–Trinajstić information content (AvgIpc) is 1.88. The number of rotatable bonds is 2. The first-order chi connectivity index (χ1) is 4.79. The lowest BCUT2D eigenvalue weighted by Crippen LogP contribution is -1.94. The van der Waals surface area contributed by atoms with Crippen LogP contribution in [0.1, 0.15) is 6.42 Å². The second kappa shape index (κ2) is 3.73. The predicted molar refractivity (Wildman–Crippen MR) is 44.7 cm³/mol. The number of carboxylic acid groups (broad SMARTS) is 1. The molecule has 0 amide bonds. The first-order valence-electron chi connectivity index (χ1n) is 2.67. The van der Waals surface area contributed by atoms with Gasteiger partial charge in [0.2, 0.25) is 0 Å². The second-order valence-electron chi connectivity index (χ2n) is 1.68. The predicted octanol–water partition coefficient (Wildman–Crippen LogP) is 2.25. The summed E-state index contributed by atoms with van der Waals surface area (Å²) in [5, 5.41) is 14.1. The summed E-state index contributed by atoms with van der Waals surface area (Å²) >= 11 is 2.99. The molecule has 1 rings (SSSR count). The smallest absolute Gasteiger partial charge is 0.308 e. The monoisotopic (exact) mass is 174 g/mol. The molecule has 0 aromatic rings. The summed E-state index contributed by atoms with van der Waals surface area (Å²) < 4.78 is 0. The zero-order valence-corrected chi connectivity index (χ0v) is 6.74. The Morgan fingerprint density at radius 3 is 2.90 bits per heavy atom. The Morgan fingerprint density at radius 1 is 1.60 bits per heavy atom. The molecule has 0 radical (unpaired) electrons. The van der Waals surface area contributed by atoms with E-state index in [1.807, 2.05) is 16.2 Å². The summed E-state index contributed by atoms with van der Waals surface area (Å²) in [6.07, 6.45) is 0.141. The Morgan fingerprint density at radius 2 is 2.40 bits per heavy atom. The van der Waals surface area contributed by atoms with Crippen LogP contribution in [0.3, 0.4) is 0 Å². The van der Waals surface area contributed by atoms with E-state index in [0.717, 1.165) is 4.91 Å². The second-order valence-corrected chi connectivity index (χ2v) is 3.49. The summed E-state index contributed by atoms with van der Waals surface area (Å²) in [5.41, 5.74) is 0. The fraction of sp³-hybridized carbons (Fsp3) is 0.167. The molecule has 0 saturated heterocycles. The summed E-state index contributed by atoms with van der Waals surface area (Å²) in [4.78, 5) is 11.1. The van der Waals surface area contributed by atoms with Gasteiger partial charge in [-0.15, -0.1) is 23.5 Å². The van der Waals surface area contributed by atoms with Crippen LogP contribution in [0, 0.1) is 0 Å². The van der Waals surface area contributed by atoms with Crippen molar-refractivity contribution in [3.63, 3.8) is 0 Å². The molecular formula is C6H6O2S2. The third kappa shape index (κ3) is 2.49. The van der Waals surface area contributed by atoms with E-state index in [1.54, 1.807) is 0 Å². The molecule has 0 aromatic heterocycles. The zero-order chi connectivity index (χ0) is 7.40. The van der Waals surface area contributed by atoms with Crippen molar-refractivity contribution in [1.82, 2.24) is 0 Å². The number of thioether (sulfide) groups is 2. The van der Waals surface area contributed by atoms with E-state index < -0.39 is 5.97 Å². The average molecular weight is 174 g/mol. The molecule has 1 N–H and O–H groups in total. The van der Waals surface area contributed by atoms with Gasteiger partial charge in [0.1, 0.15) is 0 Å². The van der Waals surface area contributed by atoms with Crippen LogP contribution in [0.2, 0.25) is 0 Å². The van der Waals surface area contributed by atoms with Gasteiger partial charge in [0, 0.05) is 4.91 Å². The maximum atomic E-state index is 10.2. The van der Waals surface area contributed by atoms with Crippen LogP contribution in [0.5, 0.6) is 0 Å². The largest absolute Gasteiger partial charge is 0.481 e. The van der Waals surface area contributed by atoms with Gasteiger partial charge in [-0.2, -0.15) is 0 Å². The summed E-state index contributed by atoms with van der Waals surface area (Å²) in [7, 11) is 0. The van der Waals surface area contributed by atoms with Crippen molar-refractivity contribution in [3.8, 4) is 0 Å². The van der Waals surface area contributed by atoms with Crippen molar-refractivity contribution >= 4 is 29.5 Å². The fourth-order valence-electron chi connectivity index (χ4n) is 0.523. The first-order valence-corrected chi connectivity index (χ1v) is 4.49. The third-order valence-corrected chi connectivity index (χ3v) is 2.75. The van der Waals surface area contributed by atoms with Gasteiger partial charge in [0.25, 0.3) is 0 Å². The Labute approximate surface area is 67.4 Å². The molecule has 0 bridgehead atoms. The van der Waals surface area contributed by atoms with Crippen LogP contribution in [0.4, 0.5) is 0 Å². The fourth-order valence-corrected chi connectivity index (χ4v) is 2.09. The van der Waals surface area contributed by atoms with Gasteiger partial charge < -0.3 is 5.11 Å². The molecule has 1 aliphatic rings. The van der Waals surface area contributed by atoms with E-state index in [4.69, 9.17) is 5.11 Å². The lowest BCUT2D eigenvalue weighted by molar-refractivity contribution is -0.136. The highest BCUT2D eigenvalue weighted by molar-refractivity contribution is 8.11. The number of hydrogen-bond donors (Lipinski definition) is 1. The van der Waals surface area contributed by atoms with Crippen LogP contribution in [0.15, 0.2) is 21.1 Å². The van der Waals surface area contributed by atoms with E-state index in [9.17, 15) is 4.79 Å². The molecule has 10 heavy (non-hydrogen) atoms. The molecule has 0 aromatic carbocycles. The molecule has 1 heterocycles. The van der Waals surface area contributed by atoms with E-state index in [1.165, 1.54) is 23.5 Å². The van der Waals surface area contributed by atoms with Crippen LogP contribution in [-0.2, 0) is 4.79 Å². The molecule has 0 aliphatic carbocycles. The third-order valence-electron chi connectivity index (χ3n) is 0.878. The standard InChI is InChI=1S/C6H6O2S2/c7-6(8)3-5-4-9-1-2-10-5/h1-2,4H,3H2,(H,7,8). The van der Waals surface area contributed by atoms with Crippen molar-refractivity contribution in [3.05, 3.63) is 21.1 Å². The molecule has 4 heteroatoms. The Kier molecular flexibility index (Phi) is 2.89. The van der Waals surface area contributed by atoms with Gasteiger partial charge in [0.05, 0.1) is 6.42 Å². The van der Waals surface area contributed by atoms with Gasteiger partial charge in [-0.1, -0.05) is 0 Å². The van der Waals surface area contributed by atoms with E-state index >= 15 is 0 Å². The summed E-state index contributed by atoms with van der Waals surface area (Å²) in [5.74, 6) is -0.769. The maximum Gasteiger partial charge on any atom is 0.308 e. The number of carboxylic acids is 1. The van der Waals surface area contributed by atoms with E-state index in [0.29, 0.717) is 0 Å². The number of aliphatic carboxylic acids is 1. The van der Waals surface area contributed by atoms with E-state index in [-0.39, 0.29) is 6.42 Å². The molecule has 0 fully saturated rings. The highest BCUT2D eigenvalue weighted by atomic mass is 32.2. The Balaban J connectivity index is 2.41. The molecule has 0 saturated carbocycles. The highest BCUT2D eigenvalue weighted by Gasteiger charge is 2.04. The van der Waals surface area contributed by atoms with Gasteiger partial charge >= 0.3 is 5.97 Å². The molecule has 0 spiro atoms. The van der Waals surface area contributed by atoms with Crippen molar-refractivity contribution in [2.45, 2.75) is 6.42 Å². The SMILES string of the molecule is O=C(O)CC1=CSC=CS1. The van der Waals surface area contributed by atoms with Crippen molar-refractivity contribution in [2.24, 2.45) is 0 Å². The first kappa shape index (κ1) is 7.75. The van der Waals surface area contributed by atoms with Crippen molar-refractivity contribution in [2.75, 3.05) is 0 Å². The van der Waals surface area contributed by atoms with Crippen molar-refractivity contribution in [1.29, 1.82) is 0 Å². The lowest BCUT2D eigenvalue weighted by Gasteiger charge is -2.02. The molecule has 0 atom stereocenters. The van der Waals surface area contributed by atoms with Crippen LogP contribution >= 0.6 is 23.5 Å². The van der Waals surface area contributed by atoms with E-state index in [2.05, 4.69) is 0 Å². The van der Waals surface area contributed by atoms with Gasteiger partial charge in [-0.3, -0.25) is 4.79 Å².